The van der Waals surface area contributed by atoms with Gasteiger partial charge in [-0.3, -0.25) is 4.79 Å². The summed E-state index contributed by atoms with van der Waals surface area (Å²) in [5, 5.41) is 22.8. The third kappa shape index (κ3) is 6.82. The Balaban J connectivity index is 1.66. The maximum absolute atomic E-state index is 12.9. The first kappa shape index (κ1) is 21.8. The molecule has 0 unspecified atom stereocenters. The van der Waals surface area contributed by atoms with Gasteiger partial charge in [0.25, 0.3) is 5.91 Å². The van der Waals surface area contributed by atoms with Crippen LogP contribution in [0, 0.1) is 5.92 Å². The molecule has 1 aromatic heterocycles. The molecule has 8 nitrogen and oxygen atoms in total. The van der Waals surface area contributed by atoms with E-state index in [4.69, 9.17) is 0 Å². The molecule has 5 N–H and O–H groups in total. The molecule has 0 spiro atoms. The fourth-order valence-electron chi connectivity index (χ4n) is 3.96. The number of carbonyl (C=O) groups excluding carboxylic acids is 1. The fraction of sp³-hybridized carbons (Fsp3) is 0.762. The molecular formula is C21H36N6O2. The Morgan fingerprint density at radius 1 is 1.17 bits per heavy atom. The van der Waals surface area contributed by atoms with Crippen LogP contribution in [-0.4, -0.2) is 59.3 Å². The molecule has 1 aromatic rings. The van der Waals surface area contributed by atoms with Crippen molar-refractivity contribution in [3.05, 3.63) is 11.8 Å². The Morgan fingerprint density at radius 3 is 2.66 bits per heavy atom. The van der Waals surface area contributed by atoms with Crippen molar-refractivity contribution >= 4 is 17.7 Å². The number of anilines is 2. The van der Waals surface area contributed by atoms with Crippen LogP contribution in [0.3, 0.4) is 0 Å². The number of unbranched alkanes of at least 4 members (excludes halogenated alkanes) is 1. The number of aromatic nitrogens is 2. The number of hydrogen-bond acceptors (Lipinski definition) is 7. The molecule has 0 bridgehead atoms. The lowest BCUT2D eigenvalue weighted by Crippen LogP contribution is -2.43. The van der Waals surface area contributed by atoms with E-state index in [2.05, 4.69) is 38.2 Å². The standard InChI is InChI=1S/C21H36N6O2/c1-2-3-10-23-21-25-14-18(20(29)26-16-8-11-22-12-9-16)19(27-21)24-13-15-4-6-17(28)7-5-15/h14-17,22,28H,2-13H2,1H3,(H,26,29)(H2,23,24,25,27). The number of rotatable bonds is 9. The molecule has 1 aliphatic carbocycles. The predicted octanol–water partition coefficient (Wildman–Crippen LogP) is 2.13. The average molecular weight is 405 g/mol. The van der Waals surface area contributed by atoms with E-state index in [9.17, 15) is 9.90 Å². The molecule has 29 heavy (non-hydrogen) atoms. The first-order valence-electron chi connectivity index (χ1n) is 11.2. The SMILES string of the molecule is CCCCNc1ncc(C(=O)NC2CCNCC2)c(NCC2CCC(O)CC2)n1. The summed E-state index contributed by atoms with van der Waals surface area (Å²) in [5.41, 5.74) is 0.500. The summed E-state index contributed by atoms with van der Waals surface area (Å²) >= 11 is 0. The number of aliphatic hydroxyl groups excluding tert-OH is 1. The van der Waals surface area contributed by atoms with Crippen LogP contribution in [0.4, 0.5) is 11.8 Å². The number of amides is 1. The summed E-state index contributed by atoms with van der Waals surface area (Å²) in [5.74, 6) is 1.53. The van der Waals surface area contributed by atoms with Crippen molar-refractivity contribution in [1.29, 1.82) is 0 Å². The van der Waals surface area contributed by atoms with Gasteiger partial charge >= 0.3 is 0 Å². The highest BCUT2D eigenvalue weighted by Gasteiger charge is 2.22. The van der Waals surface area contributed by atoms with Gasteiger partial charge in [-0.15, -0.1) is 0 Å². The molecule has 3 rings (SSSR count). The summed E-state index contributed by atoms with van der Waals surface area (Å²) < 4.78 is 0. The van der Waals surface area contributed by atoms with Crippen LogP contribution in [0.15, 0.2) is 6.20 Å². The maximum Gasteiger partial charge on any atom is 0.256 e. The summed E-state index contributed by atoms with van der Waals surface area (Å²) in [7, 11) is 0. The van der Waals surface area contributed by atoms with Crippen LogP contribution >= 0.6 is 0 Å². The molecule has 8 heteroatoms. The molecule has 2 fully saturated rings. The van der Waals surface area contributed by atoms with E-state index in [0.29, 0.717) is 23.2 Å². The van der Waals surface area contributed by atoms with E-state index < -0.39 is 0 Å². The van der Waals surface area contributed by atoms with Crippen molar-refractivity contribution in [2.24, 2.45) is 5.92 Å². The highest BCUT2D eigenvalue weighted by molar-refractivity contribution is 5.98. The Kier molecular flexibility index (Phi) is 8.49. The van der Waals surface area contributed by atoms with E-state index in [1.54, 1.807) is 6.20 Å². The number of nitrogens with one attached hydrogen (secondary N) is 4. The fourth-order valence-corrected chi connectivity index (χ4v) is 3.96. The van der Waals surface area contributed by atoms with Gasteiger partial charge in [-0.25, -0.2) is 4.98 Å². The van der Waals surface area contributed by atoms with Crippen LogP contribution in [0.2, 0.25) is 0 Å². The number of aliphatic hydroxyl groups is 1. The quantitative estimate of drug-likeness (QED) is 0.401. The van der Waals surface area contributed by atoms with Gasteiger partial charge < -0.3 is 26.4 Å². The first-order valence-corrected chi connectivity index (χ1v) is 11.2. The van der Waals surface area contributed by atoms with Crippen molar-refractivity contribution in [2.75, 3.05) is 36.8 Å². The van der Waals surface area contributed by atoms with Crippen molar-refractivity contribution in [2.45, 2.75) is 70.4 Å². The summed E-state index contributed by atoms with van der Waals surface area (Å²) in [6, 6.07) is 0.193. The molecule has 1 saturated heterocycles. The normalized spacial score (nSPS) is 22.8. The predicted molar refractivity (Wildman–Crippen MR) is 115 cm³/mol. The van der Waals surface area contributed by atoms with E-state index in [0.717, 1.165) is 77.5 Å². The number of nitrogens with zero attached hydrogens (tertiary/aromatic N) is 2. The molecule has 2 aliphatic rings. The number of carbonyl (C=O) groups is 1. The molecular weight excluding hydrogens is 368 g/mol. The zero-order valence-corrected chi connectivity index (χ0v) is 17.5. The highest BCUT2D eigenvalue weighted by atomic mass is 16.3. The Bertz CT molecular complexity index is 642. The van der Waals surface area contributed by atoms with Gasteiger partial charge in [0.05, 0.1) is 6.10 Å². The largest absolute Gasteiger partial charge is 0.393 e. The topological polar surface area (TPSA) is 111 Å². The van der Waals surface area contributed by atoms with Crippen molar-refractivity contribution in [3.63, 3.8) is 0 Å². The Morgan fingerprint density at radius 2 is 1.93 bits per heavy atom. The molecule has 0 radical (unpaired) electrons. The van der Waals surface area contributed by atoms with Crippen LogP contribution in [0.25, 0.3) is 0 Å². The van der Waals surface area contributed by atoms with Gasteiger partial charge in [-0.05, 0) is 64.0 Å². The smallest absolute Gasteiger partial charge is 0.256 e. The lowest BCUT2D eigenvalue weighted by molar-refractivity contribution is 0.0929. The first-order chi connectivity index (χ1) is 14.2. The zero-order valence-electron chi connectivity index (χ0n) is 17.5. The van der Waals surface area contributed by atoms with Gasteiger partial charge in [0.15, 0.2) is 0 Å². The van der Waals surface area contributed by atoms with Crippen molar-refractivity contribution in [1.82, 2.24) is 20.6 Å². The second kappa shape index (κ2) is 11.3. The average Bonchev–Trinajstić information content (AvgIpc) is 2.74. The van der Waals surface area contributed by atoms with Crippen molar-refractivity contribution < 1.29 is 9.90 Å². The molecule has 1 amide bonds. The molecule has 0 aromatic carbocycles. The van der Waals surface area contributed by atoms with E-state index in [1.165, 1.54) is 0 Å². The molecule has 0 atom stereocenters. The zero-order chi connectivity index (χ0) is 20.5. The lowest BCUT2D eigenvalue weighted by Gasteiger charge is -2.26. The maximum atomic E-state index is 12.9. The third-order valence-electron chi connectivity index (χ3n) is 5.90. The number of piperidine rings is 1. The van der Waals surface area contributed by atoms with Gasteiger partial charge in [0, 0.05) is 25.3 Å². The monoisotopic (exact) mass is 404 g/mol. The van der Waals surface area contributed by atoms with Gasteiger partial charge in [0.2, 0.25) is 5.95 Å². The van der Waals surface area contributed by atoms with E-state index in [-0.39, 0.29) is 18.1 Å². The van der Waals surface area contributed by atoms with Crippen LogP contribution in [-0.2, 0) is 0 Å². The molecule has 2 heterocycles. The van der Waals surface area contributed by atoms with Crippen LogP contribution < -0.4 is 21.3 Å². The van der Waals surface area contributed by atoms with Gasteiger partial charge in [-0.1, -0.05) is 13.3 Å². The Hall–Kier alpha value is -1.93. The van der Waals surface area contributed by atoms with Crippen LogP contribution in [0.1, 0.15) is 68.6 Å². The summed E-state index contributed by atoms with van der Waals surface area (Å²) in [6.07, 6.45) is 9.20. The highest BCUT2D eigenvalue weighted by Crippen LogP contribution is 2.25. The van der Waals surface area contributed by atoms with Gasteiger partial charge in [-0.2, -0.15) is 4.98 Å². The molecule has 1 aliphatic heterocycles. The minimum atomic E-state index is -0.161. The summed E-state index contributed by atoms with van der Waals surface area (Å²) in [4.78, 5) is 21.9. The minimum absolute atomic E-state index is 0.112. The van der Waals surface area contributed by atoms with E-state index >= 15 is 0 Å². The second-order valence-corrected chi connectivity index (χ2v) is 8.29. The minimum Gasteiger partial charge on any atom is -0.393 e. The summed E-state index contributed by atoms with van der Waals surface area (Å²) in [6.45, 7) is 5.58. The van der Waals surface area contributed by atoms with Crippen molar-refractivity contribution in [3.8, 4) is 0 Å². The molecule has 162 valence electrons. The number of hydrogen-bond donors (Lipinski definition) is 5. The third-order valence-corrected chi connectivity index (χ3v) is 5.90. The van der Waals surface area contributed by atoms with Gasteiger partial charge in [0.1, 0.15) is 11.4 Å². The Labute approximate surface area is 173 Å². The van der Waals surface area contributed by atoms with Crippen LogP contribution in [0.5, 0.6) is 0 Å². The van der Waals surface area contributed by atoms with E-state index in [1.807, 2.05) is 0 Å². The lowest BCUT2D eigenvalue weighted by atomic mass is 9.87. The molecule has 1 saturated carbocycles. The second-order valence-electron chi connectivity index (χ2n) is 8.29.